The van der Waals surface area contributed by atoms with Crippen molar-refractivity contribution in [2.45, 2.75) is 18.2 Å². The maximum Gasteiger partial charge on any atom is 0.266 e. The third-order valence-electron chi connectivity index (χ3n) is 1.70. The minimum absolute atomic E-state index is 0.0202. The maximum atomic E-state index is 12.6. The highest BCUT2D eigenvalue weighted by molar-refractivity contribution is 14.1. The molecule has 0 bridgehead atoms. The van der Waals surface area contributed by atoms with Gasteiger partial charge in [-0.25, -0.2) is 22.3 Å². The molecule has 0 radical (unpaired) electrons. The van der Waals surface area contributed by atoms with Crippen molar-refractivity contribution in [2.75, 3.05) is 0 Å². The Hall–Kier alpha value is -0.350. The number of primary sulfonamides is 1. The Labute approximate surface area is 99.1 Å². The van der Waals surface area contributed by atoms with Crippen molar-refractivity contribution >= 4 is 32.6 Å². The normalized spacial score (nSPS) is 12.1. The van der Waals surface area contributed by atoms with Crippen molar-refractivity contribution in [3.05, 3.63) is 21.0 Å². The molecule has 8 heteroatoms. The molecule has 1 rings (SSSR count). The Kier molecular flexibility index (Phi) is 3.61. The van der Waals surface area contributed by atoms with E-state index in [1.807, 2.05) is 0 Å². The van der Waals surface area contributed by atoms with Crippen LogP contribution in [0.1, 0.15) is 17.7 Å². The van der Waals surface area contributed by atoms with Crippen molar-refractivity contribution in [3.8, 4) is 0 Å². The van der Waals surface area contributed by atoms with Crippen LogP contribution < -0.4 is 5.14 Å². The number of nitrogens with two attached hydrogens (primary N) is 1. The summed E-state index contributed by atoms with van der Waals surface area (Å²) in [4.78, 5) is 3.11. The second-order valence-corrected chi connectivity index (χ2v) is 5.44. The van der Waals surface area contributed by atoms with Crippen molar-refractivity contribution < 1.29 is 17.2 Å². The van der Waals surface area contributed by atoms with Crippen LogP contribution in [0.25, 0.3) is 0 Å². The van der Waals surface area contributed by atoms with Gasteiger partial charge in [0.25, 0.3) is 6.43 Å². The molecule has 0 spiro atoms. The Morgan fingerprint density at radius 2 is 2.07 bits per heavy atom. The van der Waals surface area contributed by atoms with Gasteiger partial charge in [-0.2, -0.15) is 0 Å². The molecule has 1 heterocycles. The number of rotatable bonds is 2. The Bertz CT molecular complexity index is 490. The summed E-state index contributed by atoms with van der Waals surface area (Å²) in [5.41, 5.74) is -0.598. The second kappa shape index (κ2) is 4.26. The maximum absolute atomic E-state index is 12.6. The quantitative estimate of drug-likeness (QED) is 0.825. The summed E-state index contributed by atoms with van der Waals surface area (Å²) in [6, 6.07) is 0. The van der Waals surface area contributed by atoms with Crippen LogP contribution in [0.3, 0.4) is 0 Å². The fraction of sp³-hybridized carbons (Fsp3) is 0.286. The number of alkyl halides is 2. The SMILES string of the molecule is Cc1ncc(I)c(C(F)F)c1S(N)(=O)=O. The van der Waals surface area contributed by atoms with Gasteiger partial charge in [-0.15, -0.1) is 0 Å². The summed E-state index contributed by atoms with van der Waals surface area (Å²) in [6.45, 7) is 1.32. The molecule has 0 unspecified atom stereocenters. The average Bonchev–Trinajstić information content (AvgIpc) is 2.05. The van der Waals surface area contributed by atoms with Crippen molar-refractivity contribution in [1.82, 2.24) is 4.98 Å². The first kappa shape index (κ1) is 12.7. The molecule has 0 aliphatic heterocycles. The fourth-order valence-corrected chi connectivity index (χ4v) is 2.94. The third-order valence-corrected chi connectivity index (χ3v) is 3.65. The Morgan fingerprint density at radius 3 is 2.40 bits per heavy atom. The van der Waals surface area contributed by atoms with Gasteiger partial charge in [-0.1, -0.05) is 0 Å². The number of aromatic nitrogens is 1. The van der Waals surface area contributed by atoms with Crippen LogP contribution in [0.4, 0.5) is 8.78 Å². The molecule has 0 fully saturated rings. The smallest absolute Gasteiger partial charge is 0.259 e. The molecular weight excluding hydrogens is 341 g/mol. The van der Waals surface area contributed by atoms with Crippen LogP contribution in [0.2, 0.25) is 0 Å². The molecule has 0 atom stereocenters. The van der Waals surface area contributed by atoms with Crippen LogP contribution in [0, 0.1) is 10.5 Å². The number of aryl methyl sites for hydroxylation is 1. The zero-order valence-electron chi connectivity index (χ0n) is 7.54. The number of hydrogen-bond acceptors (Lipinski definition) is 3. The van der Waals surface area contributed by atoms with E-state index in [0.717, 1.165) is 0 Å². The predicted molar refractivity (Wildman–Crippen MR) is 58.0 cm³/mol. The minimum Gasteiger partial charge on any atom is -0.259 e. The lowest BCUT2D eigenvalue weighted by Crippen LogP contribution is -2.18. The van der Waals surface area contributed by atoms with E-state index in [4.69, 9.17) is 5.14 Å². The molecule has 0 aliphatic rings. The van der Waals surface area contributed by atoms with Crippen LogP contribution >= 0.6 is 22.6 Å². The molecule has 0 saturated heterocycles. The first-order valence-electron chi connectivity index (χ1n) is 3.71. The van der Waals surface area contributed by atoms with E-state index in [2.05, 4.69) is 4.98 Å². The summed E-state index contributed by atoms with van der Waals surface area (Å²) in [7, 11) is -4.18. The van der Waals surface area contributed by atoms with Gasteiger partial charge < -0.3 is 0 Å². The monoisotopic (exact) mass is 348 g/mol. The van der Waals surface area contributed by atoms with E-state index >= 15 is 0 Å². The number of sulfonamides is 1. The average molecular weight is 348 g/mol. The lowest BCUT2D eigenvalue weighted by Gasteiger charge is -2.10. The van der Waals surface area contributed by atoms with Gasteiger partial charge in [0.2, 0.25) is 10.0 Å². The van der Waals surface area contributed by atoms with Gasteiger partial charge in [-0.05, 0) is 29.5 Å². The number of hydrogen-bond donors (Lipinski definition) is 1. The molecule has 0 aromatic carbocycles. The van der Waals surface area contributed by atoms with Gasteiger partial charge >= 0.3 is 0 Å². The van der Waals surface area contributed by atoms with Crippen molar-refractivity contribution in [3.63, 3.8) is 0 Å². The van der Waals surface area contributed by atoms with E-state index in [1.165, 1.54) is 13.1 Å². The van der Waals surface area contributed by atoms with E-state index in [9.17, 15) is 17.2 Å². The van der Waals surface area contributed by atoms with Gasteiger partial charge in [-0.3, -0.25) is 4.98 Å². The highest BCUT2D eigenvalue weighted by Crippen LogP contribution is 2.31. The van der Waals surface area contributed by atoms with Crippen LogP contribution in [0.15, 0.2) is 11.1 Å². The topological polar surface area (TPSA) is 73.0 Å². The molecule has 0 saturated carbocycles. The first-order valence-corrected chi connectivity index (χ1v) is 6.33. The summed E-state index contributed by atoms with van der Waals surface area (Å²) in [5, 5.41) is 4.86. The number of halogens is 3. The molecular formula is C7H7F2IN2O2S. The minimum atomic E-state index is -4.18. The molecule has 15 heavy (non-hydrogen) atoms. The largest absolute Gasteiger partial charge is 0.266 e. The Morgan fingerprint density at radius 1 is 1.53 bits per heavy atom. The molecule has 84 valence electrons. The summed E-state index contributed by atoms with van der Waals surface area (Å²) in [5.74, 6) is 0. The van der Waals surface area contributed by atoms with E-state index in [1.54, 1.807) is 22.6 Å². The van der Waals surface area contributed by atoms with E-state index in [0.29, 0.717) is 0 Å². The first-order chi connectivity index (χ1) is 6.75. The standard InChI is InChI=1S/C7H7F2IN2O2S/c1-3-6(15(11,13)14)5(7(8)9)4(10)2-12-3/h2,7H,1H3,(H2,11,13,14). The molecule has 2 N–H and O–H groups in total. The molecule has 0 amide bonds. The zero-order valence-corrected chi connectivity index (χ0v) is 10.5. The zero-order chi connectivity index (χ0) is 11.8. The highest BCUT2D eigenvalue weighted by atomic mass is 127. The van der Waals surface area contributed by atoms with E-state index in [-0.39, 0.29) is 9.26 Å². The predicted octanol–water partition coefficient (Wildman–Crippen LogP) is 1.58. The summed E-state index contributed by atoms with van der Waals surface area (Å²) >= 11 is 1.60. The van der Waals surface area contributed by atoms with Gasteiger partial charge in [0.15, 0.2) is 0 Å². The van der Waals surface area contributed by atoms with Crippen LogP contribution in [-0.2, 0) is 10.0 Å². The third kappa shape index (κ3) is 2.61. The van der Waals surface area contributed by atoms with Gasteiger partial charge in [0.1, 0.15) is 4.90 Å². The van der Waals surface area contributed by atoms with Crippen LogP contribution in [-0.4, -0.2) is 13.4 Å². The highest BCUT2D eigenvalue weighted by Gasteiger charge is 2.26. The number of pyridine rings is 1. The second-order valence-electron chi connectivity index (χ2n) is 2.78. The molecule has 1 aromatic heterocycles. The van der Waals surface area contributed by atoms with Gasteiger partial charge in [0, 0.05) is 9.77 Å². The molecule has 0 aliphatic carbocycles. The lowest BCUT2D eigenvalue weighted by molar-refractivity contribution is 0.146. The molecule has 1 aromatic rings. The lowest BCUT2D eigenvalue weighted by atomic mass is 10.2. The fourth-order valence-electron chi connectivity index (χ4n) is 1.15. The summed E-state index contributed by atoms with van der Waals surface area (Å²) in [6.07, 6.45) is -1.71. The Balaban J connectivity index is 3.68. The van der Waals surface area contributed by atoms with Crippen LogP contribution in [0.5, 0.6) is 0 Å². The van der Waals surface area contributed by atoms with Crippen molar-refractivity contribution in [2.24, 2.45) is 5.14 Å². The van der Waals surface area contributed by atoms with Crippen molar-refractivity contribution in [1.29, 1.82) is 0 Å². The van der Waals surface area contributed by atoms with E-state index < -0.39 is 26.9 Å². The number of nitrogens with zero attached hydrogens (tertiary/aromatic N) is 1. The molecule has 4 nitrogen and oxygen atoms in total. The van der Waals surface area contributed by atoms with Gasteiger partial charge in [0.05, 0.1) is 11.3 Å². The summed E-state index contributed by atoms with van der Waals surface area (Å²) < 4.78 is 47.6.